The summed E-state index contributed by atoms with van der Waals surface area (Å²) in [7, 11) is 0. The molecule has 10 heteroatoms. The van der Waals surface area contributed by atoms with Crippen LogP contribution in [0, 0.1) is 5.82 Å². The molecule has 35 heavy (non-hydrogen) atoms. The average molecular weight is 498 g/mol. The van der Waals surface area contributed by atoms with Gasteiger partial charge in [-0.1, -0.05) is 17.7 Å². The zero-order chi connectivity index (χ0) is 25.3. The van der Waals surface area contributed by atoms with E-state index in [2.05, 4.69) is 4.98 Å². The van der Waals surface area contributed by atoms with Gasteiger partial charge in [0, 0.05) is 36.0 Å². The van der Waals surface area contributed by atoms with Crippen LogP contribution in [0.3, 0.4) is 0 Å². The maximum atomic E-state index is 14.6. The van der Waals surface area contributed by atoms with Crippen LogP contribution < -0.4 is 10.5 Å². The van der Waals surface area contributed by atoms with Gasteiger partial charge >= 0.3 is 5.97 Å². The van der Waals surface area contributed by atoms with Crippen LogP contribution >= 0.6 is 11.6 Å². The molecule has 8 nitrogen and oxygen atoms in total. The van der Waals surface area contributed by atoms with Crippen molar-refractivity contribution in [3.8, 4) is 11.5 Å². The van der Waals surface area contributed by atoms with Gasteiger partial charge in [0.2, 0.25) is 5.91 Å². The highest BCUT2D eigenvalue weighted by atomic mass is 35.5. The third-order valence-corrected chi connectivity index (χ3v) is 6.02. The van der Waals surface area contributed by atoms with Crippen molar-refractivity contribution in [3.05, 3.63) is 88.0 Å². The Kier molecular flexibility index (Phi) is 6.70. The molecule has 1 unspecified atom stereocenters. The van der Waals surface area contributed by atoms with Gasteiger partial charge in [0.1, 0.15) is 23.4 Å². The number of amides is 2. The van der Waals surface area contributed by atoms with Crippen LogP contribution in [0.1, 0.15) is 52.5 Å². The van der Waals surface area contributed by atoms with Gasteiger partial charge in [-0.2, -0.15) is 0 Å². The Morgan fingerprint density at radius 3 is 2.66 bits per heavy atom. The molecule has 1 heterocycles. The van der Waals surface area contributed by atoms with Gasteiger partial charge in [-0.3, -0.25) is 19.4 Å². The van der Waals surface area contributed by atoms with Gasteiger partial charge in [0.15, 0.2) is 0 Å². The number of phenols is 1. The number of nitrogens with zero attached hydrogens (tertiary/aromatic N) is 2. The third-order valence-electron chi connectivity index (χ3n) is 5.80. The Morgan fingerprint density at radius 1 is 1.26 bits per heavy atom. The zero-order valence-electron chi connectivity index (χ0n) is 18.6. The lowest BCUT2D eigenvalue weighted by Crippen LogP contribution is -2.43. The van der Waals surface area contributed by atoms with Crippen LogP contribution in [0.4, 0.5) is 4.39 Å². The van der Waals surface area contributed by atoms with Crippen molar-refractivity contribution in [2.75, 3.05) is 0 Å². The van der Waals surface area contributed by atoms with E-state index in [1.807, 2.05) is 0 Å². The molecular formula is C25H21ClFN3O5. The number of hydrogen-bond donors (Lipinski definition) is 2. The molecule has 2 aromatic carbocycles. The summed E-state index contributed by atoms with van der Waals surface area (Å²) >= 11 is 6.11. The van der Waals surface area contributed by atoms with Gasteiger partial charge in [-0.05, 0) is 54.3 Å². The van der Waals surface area contributed by atoms with Crippen LogP contribution in [0.15, 0.2) is 54.9 Å². The fourth-order valence-corrected chi connectivity index (χ4v) is 4.62. The standard InChI is InChI=1S/C25H21ClFN3O5/c1-13(31)35-16-4-5-18(22(32)11-16)25(34)30(23(24(28)33)14-3-2-8-29-12-14)21-7-6-17-19(21)9-15(26)10-20(17)27/h2-5,8-12,21,23,32H,6-7H2,1H3,(H2,28,33)/t21-,23?/m1/s1. The Labute approximate surface area is 205 Å². The van der Waals surface area contributed by atoms with E-state index in [1.165, 1.54) is 42.4 Å². The molecule has 0 radical (unpaired) electrons. The summed E-state index contributed by atoms with van der Waals surface area (Å²) in [6.45, 7) is 1.20. The average Bonchev–Trinajstić information content (AvgIpc) is 3.20. The van der Waals surface area contributed by atoms with Gasteiger partial charge in [-0.25, -0.2) is 4.39 Å². The minimum absolute atomic E-state index is 0.0388. The van der Waals surface area contributed by atoms with E-state index < -0.39 is 41.4 Å². The largest absolute Gasteiger partial charge is 0.507 e. The molecule has 4 rings (SSSR count). The lowest BCUT2D eigenvalue weighted by Gasteiger charge is -2.36. The first-order chi connectivity index (χ1) is 16.7. The number of primary amides is 1. The molecule has 0 aliphatic heterocycles. The van der Waals surface area contributed by atoms with Crippen LogP contribution in [0.5, 0.6) is 11.5 Å². The lowest BCUT2D eigenvalue weighted by atomic mass is 9.98. The lowest BCUT2D eigenvalue weighted by molar-refractivity contribution is -0.131. The third kappa shape index (κ3) is 4.81. The molecule has 0 fully saturated rings. The van der Waals surface area contributed by atoms with Crippen molar-refractivity contribution in [2.24, 2.45) is 5.73 Å². The fourth-order valence-electron chi connectivity index (χ4n) is 4.41. The molecule has 0 saturated heterocycles. The van der Waals surface area contributed by atoms with E-state index in [0.717, 1.165) is 6.07 Å². The molecule has 2 amide bonds. The first kappa shape index (κ1) is 24.2. The number of halogens is 2. The van der Waals surface area contributed by atoms with Gasteiger partial charge in [-0.15, -0.1) is 0 Å². The molecule has 1 aromatic heterocycles. The van der Waals surface area contributed by atoms with Crippen molar-refractivity contribution >= 4 is 29.4 Å². The van der Waals surface area contributed by atoms with Gasteiger partial charge in [0.25, 0.3) is 5.91 Å². The number of fused-ring (bicyclic) bond motifs is 1. The SMILES string of the molecule is CC(=O)Oc1ccc(C(=O)N(C(C(N)=O)c2cccnc2)[C@@H]2CCc3c(F)cc(Cl)cc32)c(O)c1. The number of carbonyl (C=O) groups excluding carboxylic acids is 3. The number of hydrogen-bond acceptors (Lipinski definition) is 6. The number of nitrogens with two attached hydrogens (primary N) is 1. The maximum Gasteiger partial charge on any atom is 0.308 e. The van der Waals surface area contributed by atoms with Crippen molar-refractivity contribution in [1.82, 2.24) is 9.88 Å². The van der Waals surface area contributed by atoms with E-state index in [0.29, 0.717) is 29.5 Å². The number of aromatic hydroxyl groups is 1. The fraction of sp³-hybridized carbons (Fsp3) is 0.200. The van der Waals surface area contributed by atoms with Crippen molar-refractivity contribution in [1.29, 1.82) is 0 Å². The predicted molar refractivity (Wildman–Crippen MR) is 124 cm³/mol. The summed E-state index contributed by atoms with van der Waals surface area (Å²) in [5.74, 6) is -3.11. The van der Waals surface area contributed by atoms with E-state index in [4.69, 9.17) is 22.1 Å². The molecule has 3 N–H and O–H groups in total. The number of rotatable bonds is 6. The Balaban J connectivity index is 1.86. The molecule has 180 valence electrons. The van der Waals surface area contributed by atoms with Crippen LogP contribution in [-0.4, -0.2) is 32.8 Å². The quantitative estimate of drug-likeness (QED) is 0.394. The molecule has 2 atom stereocenters. The molecule has 1 aliphatic carbocycles. The van der Waals surface area contributed by atoms with Gasteiger partial charge in [0.05, 0.1) is 11.6 Å². The highest BCUT2D eigenvalue weighted by Gasteiger charge is 2.41. The monoisotopic (exact) mass is 497 g/mol. The number of phenolic OH excluding ortho intramolecular Hbond substituents is 1. The van der Waals surface area contributed by atoms with Crippen LogP contribution in [0.25, 0.3) is 0 Å². The smallest absolute Gasteiger partial charge is 0.308 e. The zero-order valence-corrected chi connectivity index (χ0v) is 19.3. The molecule has 0 spiro atoms. The minimum atomic E-state index is -1.28. The maximum absolute atomic E-state index is 14.6. The van der Waals surface area contributed by atoms with E-state index >= 15 is 0 Å². The van der Waals surface area contributed by atoms with E-state index in [-0.39, 0.29) is 16.3 Å². The second-order valence-electron chi connectivity index (χ2n) is 8.09. The number of pyridine rings is 1. The second kappa shape index (κ2) is 9.71. The second-order valence-corrected chi connectivity index (χ2v) is 8.52. The molecular weight excluding hydrogens is 477 g/mol. The first-order valence-electron chi connectivity index (χ1n) is 10.7. The summed E-state index contributed by atoms with van der Waals surface area (Å²) in [6, 6.07) is 7.64. The normalized spacial score (nSPS) is 15.2. The highest BCUT2D eigenvalue weighted by molar-refractivity contribution is 6.30. The number of esters is 1. The summed E-state index contributed by atoms with van der Waals surface area (Å²) in [5, 5.41) is 10.7. The Hall–Kier alpha value is -3.98. The number of ether oxygens (including phenoxy) is 1. The summed E-state index contributed by atoms with van der Waals surface area (Å²) in [4.78, 5) is 43.1. The van der Waals surface area contributed by atoms with E-state index in [9.17, 15) is 23.9 Å². The predicted octanol–water partition coefficient (Wildman–Crippen LogP) is 3.86. The molecule has 1 aliphatic rings. The number of aromatic nitrogens is 1. The first-order valence-corrected chi connectivity index (χ1v) is 11.1. The number of benzene rings is 2. The Bertz CT molecular complexity index is 1320. The molecule has 0 bridgehead atoms. The number of carbonyl (C=O) groups is 3. The molecule has 3 aromatic rings. The summed E-state index contributed by atoms with van der Waals surface area (Å²) < 4.78 is 19.6. The Morgan fingerprint density at radius 2 is 2.03 bits per heavy atom. The van der Waals surface area contributed by atoms with Crippen molar-refractivity contribution < 1.29 is 28.6 Å². The topological polar surface area (TPSA) is 123 Å². The van der Waals surface area contributed by atoms with Crippen LogP contribution in [-0.2, 0) is 16.0 Å². The molecule has 0 saturated carbocycles. The van der Waals surface area contributed by atoms with E-state index in [1.54, 1.807) is 18.2 Å². The van der Waals surface area contributed by atoms with Gasteiger partial charge < -0.3 is 20.5 Å². The summed E-state index contributed by atoms with van der Waals surface area (Å²) in [5.41, 5.74) is 6.80. The van der Waals surface area contributed by atoms with Crippen LogP contribution in [0.2, 0.25) is 5.02 Å². The van der Waals surface area contributed by atoms with Crippen molar-refractivity contribution in [3.63, 3.8) is 0 Å². The van der Waals surface area contributed by atoms with Crippen molar-refractivity contribution in [2.45, 2.75) is 31.8 Å². The minimum Gasteiger partial charge on any atom is -0.507 e. The highest BCUT2D eigenvalue weighted by Crippen LogP contribution is 2.43. The summed E-state index contributed by atoms with van der Waals surface area (Å²) in [6.07, 6.45) is 3.53.